The zero-order valence-corrected chi connectivity index (χ0v) is 27.2. The number of nitrogens with zero attached hydrogens (tertiary/aromatic N) is 5. The van der Waals surface area contributed by atoms with Gasteiger partial charge in [-0.1, -0.05) is 29.8 Å². The molecule has 1 amide bonds. The lowest BCUT2D eigenvalue weighted by Crippen LogP contribution is -2.36. The molecule has 260 valence electrons. The molecule has 48 heavy (non-hydrogen) atoms. The lowest BCUT2D eigenvalue weighted by atomic mass is 10.1. The molecule has 4 rings (SSSR count). The second-order valence-electron chi connectivity index (χ2n) is 11.6. The first-order valence-corrected chi connectivity index (χ1v) is 15.9. The SMILES string of the molecule is Cc1ccc(-c2cc(C(F)(F)F)nn2-c2ccc(S(=O)(=O)NC(=O)OC3CCN([N+]([O-])=NOC(C)OC(=O)OC(C)(C)C)C3)cc2)cc1. The van der Waals surface area contributed by atoms with Crippen molar-refractivity contribution in [2.24, 2.45) is 5.28 Å². The molecular weight excluding hydrogens is 665 g/mol. The zero-order chi connectivity index (χ0) is 35.4. The van der Waals surface area contributed by atoms with E-state index in [-0.39, 0.29) is 40.8 Å². The molecule has 1 saturated heterocycles. The number of amides is 1. The molecule has 15 nitrogen and oxygen atoms in total. The molecule has 1 fully saturated rings. The van der Waals surface area contributed by atoms with Crippen LogP contribution >= 0.6 is 0 Å². The second-order valence-corrected chi connectivity index (χ2v) is 13.3. The van der Waals surface area contributed by atoms with E-state index in [9.17, 15) is 36.4 Å². The lowest BCUT2D eigenvalue weighted by Gasteiger charge is -2.20. The number of hydrazine groups is 1. The highest BCUT2D eigenvalue weighted by Gasteiger charge is 2.36. The number of aromatic nitrogens is 2. The summed E-state index contributed by atoms with van der Waals surface area (Å²) >= 11 is 0. The normalized spacial score (nSPS) is 16.3. The van der Waals surface area contributed by atoms with Gasteiger partial charge < -0.3 is 19.4 Å². The molecule has 1 aromatic heterocycles. The van der Waals surface area contributed by atoms with Crippen LogP contribution in [0.3, 0.4) is 0 Å². The number of aryl methyl sites for hydroxylation is 1. The number of nitrogens with one attached hydrogen (secondary N) is 1. The van der Waals surface area contributed by atoms with Gasteiger partial charge in [0.25, 0.3) is 16.3 Å². The van der Waals surface area contributed by atoms with Gasteiger partial charge in [0.05, 0.1) is 27.8 Å². The van der Waals surface area contributed by atoms with Crippen LogP contribution in [0.5, 0.6) is 0 Å². The number of hydrogen-bond donors (Lipinski definition) is 1. The molecule has 0 radical (unpaired) electrons. The number of hydrogen-bond acceptors (Lipinski definition) is 11. The van der Waals surface area contributed by atoms with Gasteiger partial charge in [0, 0.05) is 18.9 Å². The fraction of sp³-hybridized carbons (Fsp3) is 0.414. The lowest BCUT2D eigenvalue weighted by molar-refractivity contribution is -0.709. The van der Waals surface area contributed by atoms with Gasteiger partial charge in [-0.2, -0.15) is 18.3 Å². The van der Waals surface area contributed by atoms with Crippen molar-refractivity contribution in [1.29, 1.82) is 0 Å². The first-order chi connectivity index (χ1) is 22.3. The Morgan fingerprint density at radius 3 is 2.35 bits per heavy atom. The number of carbonyl (C=O) groups is 2. The van der Waals surface area contributed by atoms with E-state index in [2.05, 4.69) is 10.4 Å². The van der Waals surface area contributed by atoms with Crippen LogP contribution < -0.4 is 4.72 Å². The highest BCUT2D eigenvalue weighted by Crippen LogP contribution is 2.33. The van der Waals surface area contributed by atoms with E-state index in [1.807, 2.05) is 6.92 Å². The third-order valence-electron chi connectivity index (χ3n) is 6.51. The summed E-state index contributed by atoms with van der Waals surface area (Å²) in [5.74, 6) is 0. The second kappa shape index (κ2) is 14.0. The van der Waals surface area contributed by atoms with E-state index in [1.165, 1.54) is 19.1 Å². The van der Waals surface area contributed by atoms with Crippen molar-refractivity contribution >= 4 is 22.3 Å². The maximum atomic E-state index is 13.5. The molecule has 1 aliphatic heterocycles. The number of rotatable bonds is 9. The summed E-state index contributed by atoms with van der Waals surface area (Å²) in [5.41, 5.74) is -0.315. The number of benzene rings is 2. The topological polar surface area (TPSA) is 177 Å². The molecule has 19 heteroatoms. The summed E-state index contributed by atoms with van der Waals surface area (Å²) in [4.78, 5) is 28.6. The minimum Gasteiger partial charge on any atom is -0.569 e. The molecule has 0 aliphatic carbocycles. The third-order valence-corrected chi connectivity index (χ3v) is 7.84. The van der Waals surface area contributed by atoms with E-state index >= 15 is 0 Å². The highest BCUT2D eigenvalue weighted by molar-refractivity contribution is 7.90. The largest absolute Gasteiger partial charge is 0.569 e. The summed E-state index contributed by atoms with van der Waals surface area (Å²) < 4.78 is 84.0. The Balaban J connectivity index is 1.35. The van der Waals surface area contributed by atoms with Crippen molar-refractivity contribution in [1.82, 2.24) is 19.5 Å². The van der Waals surface area contributed by atoms with Crippen LogP contribution in [0.4, 0.5) is 22.8 Å². The molecule has 0 spiro atoms. The molecule has 2 aromatic carbocycles. The fourth-order valence-electron chi connectivity index (χ4n) is 4.31. The maximum Gasteiger partial charge on any atom is 0.511 e. The predicted molar refractivity (Wildman–Crippen MR) is 159 cm³/mol. The summed E-state index contributed by atoms with van der Waals surface area (Å²) in [6.07, 6.45) is -9.08. The maximum absolute atomic E-state index is 13.5. The molecule has 3 aromatic rings. The number of ether oxygens (including phenoxy) is 3. The van der Waals surface area contributed by atoms with Gasteiger partial charge in [-0.3, -0.25) is 4.84 Å². The van der Waals surface area contributed by atoms with Gasteiger partial charge in [-0.05, 0) is 58.0 Å². The number of carbonyl (C=O) groups excluding carboxylic acids is 2. The molecule has 0 bridgehead atoms. The third kappa shape index (κ3) is 9.49. The number of sulfonamides is 1. The average molecular weight is 699 g/mol. The van der Waals surface area contributed by atoms with Crippen molar-refractivity contribution in [3.63, 3.8) is 0 Å². The zero-order valence-electron chi connectivity index (χ0n) is 26.4. The highest BCUT2D eigenvalue weighted by atomic mass is 32.2. The van der Waals surface area contributed by atoms with E-state index in [0.29, 0.717) is 5.56 Å². The van der Waals surface area contributed by atoms with Gasteiger partial charge in [-0.25, -0.2) is 27.4 Å². The smallest absolute Gasteiger partial charge is 0.511 e. The monoisotopic (exact) mass is 698 g/mol. The van der Waals surface area contributed by atoms with Crippen molar-refractivity contribution in [2.45, 2.75) is 70.1 Å². The first kappa shape index (κ1) is 35.8. The minimum absolute atomic E-state index is 0.0655. The fourth-order valence-corrected chi connectivity index (χ4v) is 5.19. The van der Waals surface area contributed by atoms with Crippen LogP contribution in [0, 0.1) is 12.1 Å². The van der Waals surface area contributed by atoms with Crippen molar-refractivity contribution in [3.8, 4) is 16.9 Å². The summed E-state index contributed by atoms with van der Waals surface area (Å²) in [6, 6.07) is 12.3. The van der Waals surface area contributed by atoms with Gasteiger partial charge in [-0.15, -0.1) is 5.01 Å². The van der Waals surface area contributed by atoms with Crippen molar-refractivity contribution in [3.05, 3.63) is 71.1 Å². The van der Waals surface area contributed by atoms with Gasteiger partial charge in [0.2, 0.25) is 5.28 Å². The van der Waals surface area contributed by atoms with E-state index < -0.39 is 52.1 Å². The Labute approximate surface area is 273 Å². The van der Waals surface area contributed by atoms with Crippen LogP contribution in [0.2, 0.25) is 0 Å². The first-order valence-electron chi connectivity index (χ1n) is 14.4. The molecule has 0 saturated carbocycles. The van der Waals surface area contributed by atoms with Crippen molar-refractivity contribution in [2.75, 3.05) is 13.1 Å². The van der Waals surface area contributed by atoms with Gasteiger partial charge >= 0.3 is 18.4 Å². The minimum atomic E-state index is -4.72. The van der Waals surface area contributed by atoms with Crippen LogP contribution in [-0.4, -0.2) is 71.5 Å². The van der Waals surface area contributed by atoms with Crippen LogP contribution in [-0.2, 0) is 35.2 Å². The summed E-state index contributed by atoms with van der Waals surface area (Å²) in [6.45, 7) is 7.94. The molecule has 1 N–H and O–H groups in total. The average Bonchev–Trinajstić information content (AvgIpc) is 3.63. The van der Waals surface area contributed by atoms with E-state index in [1.54, 1.807) is 49.8 Å². The van der Waals surface area contributed by atoms with Crippen molar-refractivity contribution < 1.29 is 55.2 Å². The molecule has 2 heterocycles. The Morgan fingerprint density at radius 1 is 1.10 bits per heavy atom. The van der Waals surface area contributed by atoms with E-state index in [4.69, 9.17) is 19.0 Å². The van der Waals surface area contributed by atoms with Gasteiger partial charge in [0.1, 0.15) is 18.2 Å². The Morgan fingerprint density at radius 2 is 1.75 bits per heavy atom. The van der Waals surface area contributed by atoms with Crippen LogP contribution in [0.15, 0.2) is 64.8 Å². The Bertz CT molecular complexity index is 1760. The molecular formula is C29H33F3N6O9S. The van der Waals surface area contributed by atoms with Crippen LogP contribution in [0.1, 0.15) is 45.4 Å². The number of alkyl halides is 3. The molecule has 2 atom stereocenters. The standard InChI is InChI=1S/C29H33F3N6O9S/c1-18-6-8-20(9-7-18)24-16-25(29(30,31)32)33-37(24)21-10-12-23(13-11-21)48(42,43)34-26(39)45-22-14-15-36(17-22)38(41)35-47-19(2)44-27(40)46-28(3,4)5/h6-13,16,19,22H,14-15,17H2,1-5H3,(H,34,39). The van der Waals surface area contributed by atoms with E-state index in [0.717, 1.165) is 33.5 Å². The Hall–Kier alpha value is -5.07. The molecule has 1 aliphatic rings. The quantitative estimate of drug-likeness (QED) is 0.0987. The predicted octanol–water partition coefficient (Wildman–Crippen LogP) is 5.46. The Kier molecular flexibility index (Phi) is 10.4. The van der Waals surface area contributed by atoms with Gasteiger partial charge in [0.15, 0.2) is 5.69 Å². The van der Waals surface area contributed by atoms with Crippen LogP contribution in [0.25, 0.3) is 16.9 Å². The number of halogens is 3. The molecule has 2 unspecified atom stereocenters. The summed E-state index contributed by atoms with van der Waals surface area (Å²) in [5, 5.41) is 20.3. The summed E-state index contributed by atoms with van der Waals surface area (Å²) in [7, 11) is -4.46.